The van der Waals surface area contributed by atoms with Crippen molar-refractivity contribution in [2.24, 2.45) is 17.3 Å². The molecule has 0 radical (unpaired) electrons. The van der Waals surface area contributed by atoms with Gasteiger partial charge in [-0.1, -0.05) is 26.0 Å². The molecule has 0 aliphatic heterocycles. The average Bonchev–Trinajstić information content (AvgIpc) is 3.18. The number of hydrogen-bond acceptors (Lipinski definition) is 8. The molecule has 0 aromatic heterocycles. The van der Waals surface area contributed by atoms with Crippen LogP contribution in [0.3, 0.4) is 0 Å². The summed E-state index contributed by atoms with van der Waals surface area (Å²) in [5.41, 5.74) is 1.18. The van der Waals surface area contributed by atoms with E-state index in [9.17, 15) is 19.2 Å². The van der Waals surface area contributed by atoms with Gasteiger partial charge in [0.1, 0.15) is 18.3 Å². The fraction of sp³-hybridized carbons (Fsp3) is 0.600. The molecule has 0 heterocycles. The maximum atomic E-state index is 12.9. The minimum Gasteiger partial charge on any atom is -0.466 e. The maximum Gasteiger partial charge on any atom is 0.333 e. The largest absolute Gasteiger partial charge is 0.466 e. The zero-order valence-electron chi connectivity index (χ0n) is 20.4. The smallest absolute Gasteiger partial charge is 0.333 e. The second-order valence-corrected chi connectivity index (χ2v) is 9.17. The standard InChI is InChI=1S/C25H34O8/c1-9-19(30-7)21(32-15(4)26)11-16-14(3)20(12-18(16)27)33-24(29)22-17(25(22,5)6)10-13(2)23(28)31-8/h9-10,17,19-22H,1,11-12H2,2-8H3. The van der Waals surface area contributed by atoms with Crippen LogP contribution in [0.2, 0.25) is 0 Å². The van der Waals surface area contributed by atoms with Crippen molar-refractivity contribution in [3.05, 3.63) is 35.5 Å². The molecule has 182 valence electrons. The molecule has 2 rings (SSSR count). The SMILES string of the molecule is C=CC(OC)C(CC1=C(C)C(OC(=O)C2C(C=C(C)C(=O)OC)C2(C)C)CC1=O)OC(C)=O. The number of hydrogen-bond donors (Lipinski definition) is 0. The molecule has 1 fully saturated rings. The molecule has 2 aliphatic carbocycles. The molecule has 0 spiro atoms. The van der Waals surface area contributed by atoms with Crippen molar-refractivity contribution in [1.82, 2.24) is 0 Å². The normalized spacial score (nSPS) is 25.8. The van der Waals surface area contributed by atoms with Gasteiger partial charge in [-0.25, -0.2) is 4.79 Å². The molecule has 0 saturated heterocycles. The minimum absolute atomic E-state index is 0.0419. The minimum atomic E-state index is -0.716. The summed E-state index contributed by atoms with van der Waals surface area (Å²) in [6.07, 6.45) is 1.47. The Hall–Kier alpha value is -2.74. The van der Waals surface area contributed by atoms with Gasteiger partial charge < -0.3 is 18.9 Å². The van der Waals surface area contributed by atoms with E-state index in [1.807, 2.05) is 13.8 Å². The zero-order chi connectivity index (χ0) is 25.1. The molecule has 2 aliphatic rings. The molecule has 5 unspecified atom stereocenters. The van der Waals surface area contributed by atoms with Crippen LogP contribution in [0.1, 0.15) is 47.5 Å². The van der Waals surface area contributed by atoms with E-state index in [-0.39, 0.29) is 30.0 Å². The Kier molecular flexibility index (Phi) is 8.41. The van der Waals surface area contributed by atoms with Crippen molar-refractivity contribution >= 4 is 23.7 Å². The van der Waals surface area contributed by atoms with Crippen LogP contribution in [0.25, 0.3) is 0 Å². The summed E-state index contributed by atoms with van der Waals surface area (Å²) in [5.74, 6) is -2.08. The topological polar surface area (TPSA) is 105 Å². The van der Waals surface area contributed by atoms with Crippen LogP contribution in [0.15, 0.2) is 35.5 Å². The summed E-state index contributed by atoms with van der Waals surface area (Å²) >= 11 is 0. The van der Waals surface area contributed by atoms with Gasteiger partial charge in [0, 0.05) is 31.6 Å². The van der Waals surface area contributed by atoms with Crippen molar-refractivity contribution in [1.29, 1.82) is 0 Å². The molecular weight excluding hydrogens is 428 g/mol. The third-order valence-corrected chi connectivity index (χ3v) is 6.62. The number of allylic oxidation sites excluding steroid dienone is 1. The van der Waals surface area contributed by atoms with Crippen LogP contribution in [-0.2, 0) is 38.1 Å². The summed E-state index contributed by atoms with van der Waals surface area (Å²) in [6.45, 7) is 12.2. The van der Waals surface area contributed by atoms with Crippen molar-refractivity contribution in [3.63, 3.8) is 0 Å². The first kappa shape index (κ1) is 26.5. The van der Waals surface area contributed by atoms with Crippen molar-refractivity contribution < 1.29 is 38.1 Å². The second kappa shape index (κ2) is 10.5. The predicted octanol–water partition coefficient (Wildman–Crippen LogP) is 3.10. The third kappa shape index (κ3) is 5.79. The Bertz CT molecular complexity index is 894. The van der Waals surface area contributed by atoms with Gasteiger partial charge in [0.15, 0.2) is 5.78 Å². The summed E-state index contributed by atoms with van der Waals surface area (Å²) in [5, 5.41) is 0. The fourth-order valence-electron chi connectivity index (χ4n) is 4.45. The van der Waals surface area contributed by atoms with Crippen LogP contribution in [0, 0.1) is 17.3 Å². The molecule has 0 N–H and O–H groups in total. The third-order valence-electron chi connectivity index (χ3n) is 6.62. The van der Waals surface area contributed by atoms with E-state index in [0.717, 1.165) is 0 Å². The van der Waals surface area contributed by atoms with Gasteiger partial charge in [0.05, 0.1) is 19.4 Å². The highest BCUT2D eigenvalue weighted by Gasteiger charge is 2.62. The van der Waals surface area contributed by atoms with Gasteiger partial charge in [-0.05, 0) is 30.8 Å². The van der Waals surface area contributed by atoms with Crippen molar-refractivity contribution in [2.75, 3.05) is 14.2 Å². The van der Waals surface area contributed by atoms with Crippen LogP contribution in [0.4, 0.5) is 0 Å². The highest BCUT2D eigenvalue weighted by Crippen LogP contribution is 2.60. The van der Waals surface area contributed by atoms with E-state index in [1.54, 1.807) is 19.9 Å². The molecular formula is C25H34O8. The number of Topliss-reactive ketones (excluding diaryl/α,β-unsaturated/α-hetero) is 1. The number of ether oxygens (including phenoxy) is 4. The maximum absolute atomic E-state index is 12.9. The van der Waals surface area contributed by atoms with Crippen LogP contribution in [0.5, 0.6) is 0 Å². The Balaban J connectivity index is 2.15. The molecule has 1 saturated carbocycles. The zero-order valence-corrected chi connectivity index (χ0v) is 20.4. The quantitative estimate of drug-likeness (QED) is 0.211. The van der Waals surface area contributed by atoms with Crippen molar-refractivity contribution in [3.8, 4) is 0 Å². The summed E-state index contributed by atoms with van der Waals surface area (Å²) in [7, 11) is 2.78. The van der Waals surface area contributed by atoms with Gasteiger partial charge in [0.2, 0.25) is 0 Å². The lowest BCUT2D eigenvalue weighted by molar-refractivity contribution is -0.152. The van der Waals surface area contributed by atoms with E-state index in [4.69, 9.17) is 18.9 Å². The molecule has 0 aromatic carbocycles. The molecule has 33 heavy (non-hydrogen) atoms. The van der Waals surface area contributed by atoms with Crippen LogP contribution < -0.4 is 0 Å². The Morgan fingerprint density at radius 2 is 1.85 bits per heavy atom. The van der Waals surface area contributed by atoms with Gasteiger partial charge in [-0.2, -0.15) is 0 Å². The lowest BCUT2D eigenvalue weighted by Gasteiger charge is -2.23. The predicted molar refractivity (Wildman–Crippen MR) is 120 cm³/mol. The van der Waals surface area contributed by atoms with E-state index in [2.05, 4.69) is 6.58 Å². The number of esters is 3. The molecule has 0 amide bonds. The van der Waals surface area contributed by atoms with E-state index in [0.29, 0.717) is 16.7 Å². The Labute approximate surface area is 195 Å². The summed E-state index contributed by atoms with van der Waals surface area (Å²) in [6, 6.07) is 0. The fourth-order valence-corrected chi connectivity index (χ4v) is 4.45. The molecule has 0 aromatic rings. The Morgan fingerprint density at radius 3 is 2.36 bits per heavy atom. The van der Waals surface area contributed by atoms with Gasteiger partial charge >= 0.3 is 17.9 Å². The highest BCUT2D eigenvalue weighted by atomic mass is 16.6. The van der Waals surface area contributed by atoms with Crippen LogP contribution >= 0.6 is 0 Å². The van der Waals surface area contributed by atoms with Gasteiger partial charge in [-0.15, -0.1) is 6.58 Å². The van der Waals surface area contributed by atoms with Crippen LogP contribution in [-0.4, -0.2) is 56.2 Å². The van der Waals surface area contributed by atoms with Crippen molar-refractivity contribution in [2.45, 2.75) is 65.8 Å². The summed E-state index contributed by atoms with van der Waals surface area (Å²) in [4.78, 5) is 48.9. The first-order valence-electron chi connectivity index (χ1n) is 10.9. The molecule has 0 bridgehead atoms. The van der Waals surface area contributed by atoms with Gasteiger partial charge in [-0.3, -0.25) is 14.4 Å². The first-order chi connectivity index (χ1) is 15.4. The molecule has 8 nitrogen and oxygen atoms in total. The molecule has 8 heteroatoms. The van der Waals surface area contributed by atoms with E-state index >= 15 is 0 Å². The number of methoxy groups -OCH3 is 2. The molecule has 5 atom stereocenters. The Morgan fingerprint density at radius 1 is 1.21 bits per heavy atom. The van der Waals surface area contributed by atoms with Gasteiger partial charge in [0.25, 0.3) is 0 Å². The monoisotopic (exact) mass is 462 g/mol. The average molecular weight is 463 g/mol. The first-order valence-corrected chi connectivity index (χ1v) is 10.9. The number of carbonyl (C=O) groups excluding carboxylic acids is 4. The number of carbonyl (C=O) groups is 4. The highest BCUT2D eigenvalue weighted by molar-refractivity contribution is 6.00. The van der Waals surface area contributed by atoms with E-state index < -0.39 is 42.1 Å². The number of ketones is 1. The second-order valence-electron chi connectivity index (χ2n) is 9.17. The van der Waals surface area contributed by atoms with E-state index in [1.165, 1.54) is 27.2 Å². The summed E-state index contributed by atoms with van der Waals surface area (Å²) < 4.78 is 21.1. The lowest BCUT2D eigenvalue weighted by atomic mass is 10.00. The number of rotatable bonds is 10. The lowest BCUT2D eigenvalue weighted by Crippen LogP contribution is -2.32.